The van der Waals surface area contributed by atoms with Crippen LogP contribution < -0.4 is 15.2 Å². The molecule has 0 spiro atoms. The van der Waals surface area contributed by atoms with Gasteiger partial charge in [0.15, 0.2) is 11.5 Å². The first-order valence-electron chi connectivity index (χ1n) is 7.70. The molecule has 0 aliphatic rings. The Hall–Kier alpha value is -2.00. The van der Waals surface area contributed by atoms with Crippen LogP contribution in [0.1, 0.15) is 30.0 Å². The van der Waals surface area contributed by atoms with Crippen molar-refractivity contribution in [2.45, 2.75) is 39.3 Å². The summed E-state index contributed by atoms with van der Waals surface area (Å²) in [6.07, 6.45) is 1.81. The van der Waals surface area contributed by atoms with Crippen LogP contribution in [0.5, 0.6) is 11.5 Å². The molecule has 2 aromatic rings. The molecule has 1 atom stereocenters. The van der Waals surface area contributed by atoms with Crippen LogP contribution in [0, 0.1) is 6.92 Å². The number of aryl methyl sites for hydroxylation is 2. The van der Waals surface area contributed by atoms with E-state index in [2.05, 4.69) is 31.2 Å². The first kappa shape index (κ1) is 16.4. The third-order valence-corrected chi connectivity index (χ3v) is 3.62. The number of nitrogens with two attached hydrogens (primary N) is 1. The van der Waals surface area contributed by atoms with Crippen molar-refractivity contribution in [1.29, 1.82) is 0 Å². The van der Waals surface area contributed by atoms with Gasteiger partial charge in [-0.2, -0.15) is 0 Å². The van der Waals surface area contributed by atoms with Gasteiger partial charge in [-0.1, -0.05) is 42.0 Å². The zero-order valence-electron chi connectivity index (χ0n) is 13.6. The maximum Gasteiger partial charge on any atom is 0.164 e. The molecule has 0 aliphatic carbocycles. The Labute approximate surface area is 133 Å². The summed E-state index contributed by atoms with van der Waals surface area (Å²) in [5.74, 6) is 1.60. The van der Waals surface area contributed by atoms with Crippen molar-refractivity contribution in [2.75, 3.05) is 7.11 Å². The third-order valence-electron chi connectivity index (χ3n) is 3.62. The summed E-state index contributed by atoms with van der Waals surface area (Å²) >= 11 is 0. The van der Waals surface area contributed by atoms with Crippen LogP contribution in [0.4, 0.5) is 0 Å². The van der Waals surface area contributed by atoms with E-state index in [4.69, 9.17) is 15.2 Å². The fourth-order valence-corrected chi connectivity index (χ4v) is 2.42. The molecule has 0 radical (unpaired) electrons. The Morgan fingerprint density at radius 2 is 1.91 bits per heavy atom. The highest BCUT2D eigenvalue weighted by Gasteiger charge is 2.11. The summed E-state index contributed by atoms with van der Waals surface area (Å²) < 4.78 is 11.5. The number of rotatable bonds is 7. The van der Waals surface area contributed by atoms with Crippen LogP contribution in [0.3, 0.4) is 0 Å². The smallest absolute Gasteiger partial charge is 0.164 e. The highest BCUT2D eigenvalue weighted by Crippen LogP contribution is 2.32. The highest BCUT2D eigenvalue weighted by molar-refractivity contribution is 5.47. The molecule has 0 heterocycles. The maximum absolute atomic E-state index is 6.07. The van der Waals surface area contributed by atoms with Gasteiger partial charge in [0.1, 0.15) is 6.61 Å². The quantitative estimate of drug-likeness (QED) is 0.844. The normalized spacial score (nSPS) is 12.0. The molecule has 0 aromatic heterocycles. The van der Waals surface area contributed by atoms with Gasteiger partial charge in [0, 0.05) is 6.04 Å². The van der Waals surface area contributed by atoms with Crippen molar-refractivity contribution in [3.8, 4) is 11.5 Å². The fraction of sp³-hybridized carbons (Fsp3) is 0.368. The second kappa shape index (κ2) is 7.85. The summed E-state index contributed by atoms with van der Waals surface area (Å²) in [7, 11) is 1.67. The predicted octanol–water partition coefficient (Wildman–Crippen LogP) is 3.86. The summed E-state index contributed by atoms with van der Waals surface area (Å²) in [5.41, 5.74) is 9.40. The average Bonchev–Trinajstić information content (AvgIpc) is 2.51. The molecule has 118 valence electrons. The minimum atomic E-state index is 0.177. The zero-order valence-corrected chi connectivity index (χ0v) is 13.6. The lowest BCUT2D eigenvalue weighted by Gasteiger charge is -2.16. The summed E-state index contributed by atoms with van der Waals surface area (Å²) in [6.45, 7) is 4.64. The van der Waals surface area contributed by atoms with Crippen molar-refractivity contribution < 1.29 is 9.47 Å². The van der Waals surface area contributed by atoms with E-state index in [9.17, 15) is 0 Å². The van der Waals surface area contributed by atoms with Crippen LogP contribution in [-0.2, 0) is 13.0 Å². The molecule has 0 aliphatic heterocycles. The second-order valence-corrected chi connectivity index (χ2v) is 5.74. The Kier molecular flexibility index (Phi) is 5.84. The topological polar surface area (TPSA) is 44.5 Å². The molecule has 3 heteroatoms. The minimum Gasteiger partial charge on any atom is -0.493 e. The highest BCUT2D eigenvalue weighted by atomic mass is 16.5. The van der Waals surface area contributed by atoms with Crippen LogP contribution in [0.15, 0.2) is 42.5 Å². The van der Waals surface area contributed by atoms with E-state index in [1.807, 2.05) is 25.1 Å². The maximum atomic E-state index is 6.07. The lowest BCUT2D eigenvalue weighted by molar-refractivity contribution is 0.281. The van der Waals surface area contributed by atoms with E-state index < -0.39 is 0 Å². The lowest BCUT2D eigenvalue weighted by Crippen LogP contribution is -2.15. The third kappa shape index (κ3) is 4.50. The molecule has 0 bridgehead atoms. The van der Waals surface area contributed by atoms with Gasteiger partial charge in [-0.3, -0.25) is 0 Å². The van der Waals surface area contributed by atoms with Gasteiger partial charge in [-0.25, -0.2) is 0 Å². The molecule has 2 N–H and O–H groups in total. The largest absolute Gasteiger partial charge is 0.493 e. The average molecular weight is 299 g/mol. The van der Waals surface area contributed by atoms with Crippen molar-refractivity contribution in [3.63, 3.8) is 0 Å². The molecule has 0 fully saturated rings. The van der Waals surface area contributed by atoms with E-state index >= 15 is 0 Å². The predicted molar refractivity (Wildman–Crippen MR) is 90.5 cm³/mol. The molecule has 2 aromatic carbocycles. The monoisotopic (exact) mass is 299 g/mol. The van der Waals surface area contributed by atoms with Crippen molar-refractivity contribution in [3.05, 3.63) is 59.2 Å². The fourth-order valence-electron chi connectivity index (χ4n) is 2.42. The van der Waals surface area contributed by atoms with Crippen LogP contribution in [-0.4, -0.2) is 13.2 Å². The van der Waals surface area contributed by atoms with E-state index in [0.717, 1.165) is 35.5 Å². The summed E-state index contributed by atoms with van der Waals surface area (Å²) in [6, 6.07) is 14.5. The van der Waals surface area contributed by atoms with E-state index in [1.54, 1.807) is 7.11 Å². The van der Waals surface area contributed by atoms with Gasteiger partial charge < -0.3 is 15.2 Å². The summed E-state index contributed by atoms with van der Waals surface area (Å²) in [4.78, 5) is 0. The van der Waals surface area contributed by atoms with Gasteiger partial charge in [0.2, 0.25) is 0 Å². The molecule has 0 saturated carbocycles. The number of methoxy groups -OCH3 is 1. The van der Waals surface area contributed by atoms with E-state index in [-0.39, 0.29) is 6.04 Å². The van der Waals surface area contributed by atoms with Crippen LogP contribution >= 0.6 is 0 Å². The van der Waals surface area contributed by atoms with Crippen LogP contribution in [0.2, 0.25) is 0 Å². The van der Waals surface area contributed by atoms with Crippen LogP contribution in [0.25, 0.3) is 0 Å². The van der Waals surface area contributed by atoms with Gasteiger partial charge in [0.05, 0.1) is 7.11 Å². The zero-order chi connectivity index (χ0) is 15.9. The van der Waals surface area contributed by atoms with Gasteiger partial charge in [-0.05, 0) is 43.9 Å². The number of para-hydroxylation sites is 1. The van der Waals surface area contributed by atoms with E-state index in [0.29, 0.717) is 6.61 Å². The Morgan fingerprint density at radius 1 is 1.14 bits per heavy atom. The molecule has 22 heavy (non-hydrogen) atoms. The molecule has 0 saturated heterocycles. The first-order valence-corrected chi connectivity index (χ1v) is 7.70. The van der Waals surface area contributed by atoms with Gasteiger partial charge >= 0.3 is 0 Å². The minimum absolute atomic E-state index is 0.177. The van der Waals surface area contributed by atoms with Gasteiger partial charge in [0.25, 0.3) is 0 Å². The SMILES string of the molecule is COc1cccc(CCC(C)N)c1OCc1cccc(C)c1. The van der Waals surface area contributed by atoms with Crippen molar-refractivity contribution in [2.24, 2.45) is 5.73 Å². The molecular formula is C19H25NO2. The molecule has 1 unspecified atom stereocenters. The Balaban J connectivity index is 2.16. The standard InChI is InChI=1S/C19H25NO2/c1-14-6-4-7-16(12-14)13-22-19-17(11-10-15(2)20)8-5-9-18(19)21-3/h4-9,12,15H,10-11,13,20H2,1-3H3. The molecular weight excluding hydrogens is 274 g/mol. The Bertz CT molecular complexity index is 608. The number of hydrogen-bond acceptors (Lipinski definition) is 3. The first-order chi connectivity index (χ1) is 10.6. The molecule has 0 amide bonds. The second-order valence-electron chi connectivity index (χ2n) is 5.74. The number of hydrogen-bond donors (Lipinski definition) is 1. The van der Waals surface area contributed by atoms with Gasteiger partial charge in [-0.15, -0.1) is 0 Å². The molecule has 2 rings (SSSR count). The molecule has 3 nitrogen and oxygen atoms in total. The number of benzene rings is 2. The van der Waals surface area contributed by atoms with E-state index in [1.165, 1.54) is 5.56 Å². The Morgan fingerprint density at radius 3 is 2.59 bits per heavy atom. The van der Waals surface area contributed by atoms with Crippen molar-refractivity contribution >= 4 is 0 Å². The van der Waals surface area contributed by atoms with Crippen molar-refractivity contribution in [1.82, 2.24) is 0 Å². The summed E-state index contributed by atoms with van der Waals surface area (Å²) in [5, 5.41) is 0. The number of ether oxygens (including phenoxy) is 2. The lowest BCUT2D eigenvalue weighted by atomic mass is 10.0.